The lowest BCUT2D eigenvalue weighted by Crippen LogP contribution is -2.51. The molecule has 0 spiro atoms. The molecule has 1 unspecified atom stereocenters. The van der Waals surface area contributed by atoms with Gasteiger partial charge in [0.2, 0.25) is 6.10 Å². The second-order valence-corrected chi connectivity index (χ2v) is 8.20. The Bertz CT molecular complexity index is 1190. The van der Waals surface area contributed by atoms with Crippen LogP contribution in [0.15, 0.2) is 97.1 Å². The van der Waals surface area contributed by atoms with Crippen molar-refractivity contribution in [1.82, 2.24) is 9.97 Å². The van der Waals surface area contributed by atoms with Crippen molar-refractivity contribution in [2.75, 3.05) is 7.11 Å². The molecule has 0 N–H and O–H groups in total. The van der Waals surface area contributed by atoms with E-state index in [4.69, 9.17) is 14.2 Å². The van der Waals surface area contributed by atoms with Crippen molar-refractivity contribution in [2.24, 2.45) is 0 Å². The number of carbonyl (C=O) groups excluding carboxylic acids is 1. The maximum Gasteiger partial charge on any atom is 0.351 e. The number of aryl methyl sites for hydroxylation is 2. The van der Waals surface area contributed by atoms with E-state index in [-0.39, 0.29) is 12.6 Å². The van der Waals surface area contributed by atoms with Crippen molar-refractivity contribution < 1.29 is 19.0 Å². The van der Waals surface area contributed by atoms with Gasteiger partial charge in [0.25, 0.3) is 0 Å². The Morgan fingerprint density at radius 1 is 0.800 bits per heavy atom. The van der Waals surface area contributed by atoms with Crippen LogP contribution >= 0.6 is 0 Å². The van der Waals surface area contributed by atoms with Gasteiger partial charge in [-0.05, 0) is 36.6 Å². The van der Waals surface area contributed by atoms with Gasteiger partial charge in [-0.2, -0.15) is 0 Å². The maximum absolute atomic E-state index is 13.8. The predicted octanol–water partition coefficient (Wildman–Crippen LogP) is 5.17. The summed E-state index contributed by atoms with van der Waals surface area (Å²) in [7, 11) is 1.56. The Kier molecular flexibility index (Phi) is 7.53. The second-order valence-electron chi connectivity index (χ2n) is 8.20. The van der Waals surface area contributed by atoms with E-state index < -0.39 is 17.7 Å². The zero-order valence-electron chi connectivity index (χ0n) is 20.0. The summed E-state index contributed by atoms with van der Waals surface area (Å²) in [6.45, 7) is 3.79. The highest BCUT2D eigenvalue weighted by molar-refractivity contribution is 5.78. The highest BCUT2D eigenvalue weighted by Gasteiger charge is 2.50. The summed E-state index contributed by atoms with van der Waals surface area (Å²) in [5.41, 5.74) is 2.47. The molecular formula is C29H28N2O4. The lowest BCUT2D eigenvalue weighted by Gasteiger charge is -2.38. The van der Waals surface area contributed by atoms with Gasteiger partial charge in [0.1, 0.15) is 6.61 Å². The molecule has 3 aromatic carbocycles. The third-order valence-electron chi connectivity index (χ3n) is 5.72. The van der Waals surface area contributed by atoms with Crippen LogP contribution < -0.4 is 4.74 Å². The monoisotopic (exact) mass is 468 g/mol. The van der Waals surface area contributed by atoms with Gasteiger partial charge in [0.15, 0.2) is 5.60 Å². The Hall–Kier alpha value is -4.03. The van der Waals surface area contributed by atoms with Gasteiger partial charge >= 0.3 is 12.0 Å². The van der Waals surface area contributed by atoms with Crippen LogP contribution in [0.3, 0.4) is 0 Å². The maximum atomic E-state index is 13.8. The van der Waals surface area contributed by atoms with Crippen LogP contribution in [-0.4, -0.2) is 29.2 Å². The second kappa shape index (κ2) is 10.9. The summed E-state index contributed by atoms with van der Waals surface area (Å²) < 4.78 is 18.2. The average Bonchev–Trinajstić information content (AvgIpc) is 2.89. The average molecular weight is 469 g/mol. The molecule has 0 aliphatic carbocycles. The molecule has 0 fully saturated rings. The minimum absolute atomic E-state index is 0.0810. The number of carbonyl (C=O) groups is 1. The third kappa shape index (κ3) is 5.39. The highest BCUT2D eigenvalue weighted by Crippen LogP contribution is 2.39. The fraction of sp³-hybridized carbons (Fsp3) is 0.207. The SMILES string of the molecule is COC(c1ccccc1)(c1ccccc1)C(Oc1nc(C)cc(C)n1)C(=O)OCc1ccccc1. The number of nitrogens with zero attached hydrogens (tertiary/aromatic N) is 2. The van der Waals surface area contributed by atoms with Crippen molar-refractivity contribution in [3.8, 4) is 6.01 Å². The highest BCUT2D eigenvalue weighted by atomic mass is 16.6. The molecule has 0 aliphatic heterocycles. The van der Waals surface area contributed by atoms with E-state index in [1.54, 1.807) is 7.11 Å². The number of ether oxygens (including phenoxy) is 3. The van der Waals surface area contributed by atoms with E-state index in [0.29, 0.717) is 0 Å². The van der Waals surface area contributed by atoms with E-state index in [1.165, 1.54) is 0 Å². The van der Waals surface area contributed by atoms with E-state index in [0.717, 1.165) is 28.1 Å². The van der Waals surface area contributed by atoms with Crippen molar-refractivity contribution in [3.63, 3.8) is 0 Å². The zero-order valence-corrected chi connectivity index (χ0v) is 20.0. The van der Waals surface area contributed by atoms with Gasteiger partial charge in [-0.25, -0.2) is 14.8 Å². The number of methoxy groups -OCH3 is 1. The molecule has 6 nitrogen and oxygen atoms in total. The third-order valence-corrected chi connectivity index (χ3v) is 5.72. The minimum atomic E-state index is -1.32. The fourth-order valence-corrected chi connectivity index (χ4v) is 4.14. The van der Waals surface area contributed by atoms with Crippen LogP contribution in [0.25, 0.3) is 0 Å². The first-order valence-corrected chi connectivity index (χ1v) is 11.4. The normalized spacial score (nSPS) is 12.1. The Balaban J connectivity index is 1.83. The molecule has 35 heavy (non-hydrogen) atoms. The summed E-state index contributed by atoms with van der Waals surface area (Å²) in [4.78, 5) is 22.6. The summed E-state index contributed by atoms with van der Waals surface area (Å²) in [5.74, 6) is -0.592. The van der Waals surface area contributed by atoms with E-state index in [2.05, 4.69) is 9.97 Å². The quantitative estimate of drug-likeness (QED) is 0.316. The summed E-state index contributed by atoms with van der Waals surface area (Å²) in [6.07, 6.45) is -1.23. The van der Waals surface area contributed by atoms with Gasteiger partial charge in [-0.15, -0.1) is 0 Å². The predicted molar refractivity (Wildman–Crippen MR) is 133 cm³/mol. The van der Waals surface area contributed by atoms with Crippen molar-refractivity contribution in [1.29, 1.82) is 0 Å². The van der Waals surface area contributed by atoms with Crippen LogP contribution in [0.5, 0.6) is 6.01 Å². The van der Waals surface area contributed by atoms with Gasteiger partial charge in [0.05, 0.1) is 0 Å². The lowest BCUT2D eigenvalue weighted by molar-refractivity contribution is -0.168. The van der Waals surface area contributed by atoms with Crippen molar-refractivity contribution in [2.45, 2.75) is 32.2 Å². The van der Waals surface area contributed by atoms with Gasteiger partial charge in [-0.1, -0.05) is 91.0 Å². The summed E-state index contributed by atoms with van der Waals surface area (Å²) in [6, 6.07) is 30.4. The van der Waals surface area contributed by atoms with Crippen LogP contribution in [0.1, 0.15) is 28.1 Å². The number of benzene rings is 3. The first-order valence-electron chi connectivity index (χ1n) is 11.4. The molecule has 1 heterocycles. The molecule has 4 aromatic rings. The summed E-state index contributed by atoms with van der Waals surface area (Å²) >= 11 is 0. The summed E-state index contributed by atoms with van der Waals surface area (Å²) in [5, 5.41) is 0. The van der Waals surface area contributed by atoms with Crippen LogP contribution in [0, 0.1) is 13.8 Å². The zero-order chi connectivity index (χ0) is 24.7. The van der Waals surface area contributed by atoms with E-state index in [1.807, 2.05) is 111 Å². The topological polar surface area (TPSA) is 70.5 Å². The molecule has 0 amide bonds. The molecule has 0 saturated heterocycles. The molecule has 0 saturated carbocycles. The Morgan fingerprint density at radius 3 is 1.77 bits per heavy atom. The number of aromatic nitrogens is 2. The minimum Gasteiger partial charge on any atom is -0.458 e. The molecule has 4 rings (SSSR count). The largest absolute Gasteiger partial charge is 0.458 e. The van der Waals surface area contributed by atoms with Gasteiger partial charge < -0.3 is 14.2 Å². The molecule has 0 bridgehead atoms. The van der Waals surface area contributed by atoms with Gasteiger partial charge in [0, 0.05) is 18.5 Å². The smallest absolute Gasteiger partial charge is 0.351 e. The van der Waals surface area contributed by atoms with Crippen molar-refractivity contribution >= 4 is 5.97 Å². The van der Waals surface area contributed by atoms with Crippen LogP contribution in [-0.2, 0) is 26.5 Å². The molecule has 0 aliphatic rings. The first-order chi connectivity index (χ1) is 17.0. The standard InChI is InChI=1S/C29H28N2O4/c1-21-19-22(2)31-28(30-21)35-26(27(32)34-20-23-13-7-4-8-14-23)29(33-3,24-15-9-5-10-16-24)25-17-11-6-12-18-25/h4-19,26H,20H2,1-3H3. The number of hydrogen-bond acceptors (Lipinski definition) is 6. The first kappa shape index (κ1) is 24.1. The molecular weight excluding hydrogens is 440 g/mol. The van der Waals surface area contributed by atoms with Crippen LogP contribution in [0.4, 0.5) is 0 Å². The van der Waals surface area contributed by atoms with Crippen molar-refractivity contribution in [3.05, 3.63) is 125 Å². The van der Waals surface area contributed by atoms with Crippen LogP contribution in [0.2, 0.25) is 0 Å². The fourth-order valence-electron chi connectivity index (χ4n) is 4.14. The molecule has 1 atom stereocenters. The molecule has 0 radical (unpaired) electrons. The number of hydrogen-bond donors (Lipinski definition) is 0. The lowest BCUT2D eigenvalue weighted by atomic mass is 9.81. The molecule has 178 valence electrons. The van der Waals surface area contributed by atoms with E-state index >= 15 is 0 Å². The molecule has 1 aromatic heterocycles. The van der Waals surface area contributed by atoms with E-state index in [9.17, 15) is 4.79 Å². The Morgan fingerprint density at radius 2 is 1.29 bits per heavy atom. The molecule has 6 heteroatoms. The Labute approximate surface area is 205 Å². The number of esters is 1. The number of rotatable bonds is 9. The van der Waals surface area contributed by atoms with Gasteiger partial charge in [-0.3, -0.25) is 0 Å².